The van der Waals surface area contributed by atoms with Crippen LogP contribution in [0.25, 0.3) is 10.9 Å². The Morgan fingerprint density at radius 1 is 1.09 bits per heavy atom. The highest BCUT2D eigenvalue weighted by atomic mass is 32.2. The average Bonchev–Trinajstić information content (AvgIpc) is 3.41. The van der Waals surface area contributed by atoms with Crippen molar-refractivity contribution in [2.75, 3.05) is 32.7 Å². The van der Waals surface area contributed by atoms with E-state index < -0.39 is 5.97 Å². The summed E-state index contributed by atoms with van der Waals surface area (Å²) in [5, 5.41) is 0.782. The summed E-state index contributed by atoms with van der Waals surface area (Å²) in [5.74, 6) is 0.582. The molecule has 1 saturated heterocycles. The monoisotopic (exact) mass is 496 g/mol. The first kappa shape index (κ1) is 23.4. The zero-order chi connectivity index (χ0) is 24.4. The third-order valence-corrected chi connectivity index (χ3v) is 6.92. The number of benzene rings is 2. The van der Waals surface area contributed by atoms with E-state index >= 15 is 0 Å². The van der Waals surface area contributed by atoms with Crippen LogP contribution >= 0.6 is 11.8 Å². The van der Waals surface area contributed by atoms with Crippen LogP contribution in [0.5, 0.6) is 11.5 Å². The van der Waals surface area contributed by atoms with Crippen LogP contribution in [0.15, 0.2) is 46.3 Å². The highest BCUT2D eigenvalue weighted by molar-refractivity contribution is 7.99. The molecule has 2 aliphatic rings. The van der Waals surface area contributed by atoms with Crippen molar-refractivity contribution in [3.05, 3.63) is 57.9 Å². The molecule has 3 heterocycles. The minimum Gasteiger partial charge on any atom is -0.486 e. The molecule has 0 N–H and O–H groups in total. The van der Waals surface area contributed by atoms with Gasteiger partial charge in [0.25, 0.3) is 5.56 Å². The fourth-order valence-corrected chi connectivity index (χ4v) is 5.04. The van der Waals surface area contributed by atoms with Crippen molar-refractivity contribution in [2.24, 2.45) is 0 Å². The van der Waals surface area contributed by atoms with Gasteiger partial charge in [-0.05, 0) is 49.2 Å². The number of carbonyl (C=O) groups excluding carboxylic acids is 2. The van der Waals surface area contributed by atoms with Crippen LogP contribution in [-0.4, -0.2) is 60.1 Å². The number of nitrogens with zero attached hydrogens (tertiary/aromatic N) is 2. The Balaban J connectivity index is 1.45. The van der Waals surface area contributed by atoms with Gasteiger partial charge >= 0.3 is 5.97 Å². The first-order valence-corrected chi connectivity index (χ1v) is 12.3. The Morgan fingerprint density at radius 3 is 2.66 bits per heavy atom. The van der Waals surface area contributed by atoms with Crippen molar-refractivity contribution in [2.45, 2.75) is 30.6 Å². The zero-order valence-electron chi connectivity index (χ0n) is 19.2. The number of thioether (sulfide) groups is 1. The predicted octanol–water partition coefficient (Wildman–Crippen LogP) is 3.11. The Hall–Kier alpha value is -3.37. The standard InChI is InChI=1S/C25H24N2O7S/c1-31-24(30)16-4-6-18-19(11-16)26-25(27(23(18)29)13-17-3-2-8-32-17)35-14-20(28)15-5-7-21-22(12-15)34-10-9-33-21/h4-7,11-12,17H,2-3,8-10,13-14H2,1H3. The second-order valence-corrected chi connectivity index (χ2v) is 9.18. The summed E-state index contributed by atoms with van der Waals surface area (Å²) in [5.41, 5.74) is 0.919. The molecule has 0 saturated carbocycles. The number of esters is 1. The van der Waals surface area contributed by atoms with Crippen LogP contribution < -0.4 is 15.0 Å². The number of Topliss-reactive ketones (excluding diaryl/α,β-unsaturated/α-hetero) is 1. The van der Waals surface area contributed by atoms with Gasteiger partial charge in [-0.3, -0.25) is 14.2 Å². The van der Waals surface area contributed by atoms with E-state index in [-0.39, 0.29) is 23.2 Å². The minimum absolute atomic E-state index is 0.0693. The van der Waals surface area contributed by atoms with Crippen molar-refractivity contribution >= 4 is 34.4 Å². The Kier molecular flexibility index (Phi) is 6.74. The van der Waals surface area contributed by atoms with Gasteiger partial charge in [-0.15, -0.1) is 0 Å². The van der Waals surface area contributed by atoms with Gasteiger partial charge in [-0.2, -0.15) is 0 Å². The Labute approximate surface area is 205 Å². The molecule has 3 aromatic rings. The van der Waals surface area contributed by atoms with Gasteiger partial charge in [-0.1, -0.05) is 11.8 Å². The third kappa shape index (κ3) is 4.89. The second kappa shape index (κ2) is 10.1. The molecule has 1 atom stereocenters. The second-order valence-electron chi connectivity index (χ2n) is 8.24. The normalized spacial score (nSPS) is 16.9. The summed E-state index contributed by atoms with van der Waals surface area (Å²) in [6, 6.07) is 9.76. The molecule has 1 aromatic heterocycles. The molecule has 0 aliphatic carbocycles. The zero-order valence-corrected chi connectivity index (χ0v) is 20.0. The molecule has 5 rings (SSSR count). The highest BCUT2D eigenvalue weighted by Crippen LogP contribution is 2.31. The molecule has 1 unspecified atom stereocenters. The maximum atomic E-state index is 13.4. The Morgan fingerprint density at radius 2 is 1.89 bits per heavy atom. The summed E-state index contributed by atoms with van der Waals surface area (Å²) >= 11 is 1.18. The van der Waals surface area contributed by atoms with Crippen molar-refractivity contribution in [3.63, 3.8) is 0 Å². The van der Waals surface area contributed by atoms with E-state index in [4.69, 9.17) is 18.9 Å². The largest absolute Gasteiger partial charge is 0.486 e. The van der Waals surface area contributed by atoms with E-state index in [1.807, 2.05) is 0 Å². The highest BCUT2D eigenvalue weighted by Gasteiger charge is 2.22. The van der Waals surface area contributed by atoms with Crippen molar-refractivity contribution < 1.29 is 28.5 Å². The summed E-state index contributed by atoms with van der Waals surface area (Å²) in [6.45, 7) is 1.92. The number of aromatic nitrogens is 2. The molecule has 0 amide bonds. The van der Waals surface area contributed by atoms with Crippen LogP contribution in [0.1, 0.15) is 33.6 Å². The van der Waals surface area contributed by atoms with Crippen molar-refractivity contribution in [1.82, 2.24) is 9.55 Å². The van der Waals surface area contributed by atoms with E-state index in [1.165, 1.54) is 24.9 Å². The summed E-state index contributed by atoms with van der Waals surface area (Å²) in [7, 11) is 1.30. The van der Waals surface area contributed by atoms with Crippen LogP contribution in [0.2, 0.25) is 0 Å². The van der Waals surface area contributed by atoms with E-state index in [2.05, 4.69) is 4.98 Å². The molecule has 10 heteroatoms. The average molecular weight is 497 g/mol. The predicted molar refractivity (Wildman–Crippen MR) is 129 cm³/mol. The fourth-order valence-electron chi connectivity index (χ4n) is 4.14. The van der Waals surface area contributed by atoms with Crippen molar-refractivity contribution in [3.8, 4) is 11.5 Å². The first-order chi connectivity index (χ1) is 17.0. The lowest BCUT2D eigenvalue weighted by Crippen LogP contribution is -2.29. The van der Waals surface area contributed by atoms with Crippen LogP contribution in [0, 0.1) is 0 Å². The number of methoxy groups -OCH3 is 1. The van der Waals surface area contributed by atoms with Gasteiger partial charge in [0.05, 0.1) is 42.0 Å². The summed E-state index contributed by atoms with van der Waals surface area (Å²) in [6.07, 6.45) is 1.70. The molecular formula is C25H24N2O7S. The summed E-state index contributed by atoms with van der Waals surface area (Å²) in [4.78, 5) is 43.0. The van der Waals surface area contributed by atoms with Gasteiger partial charge in [0.2, 0.25) is 0 Å². The fraction of sp³-hybridized carbons (Fsp3) is 0.360. The van der Waals surface area contributed by atoms with Crippen molar-refractivity contribution in [1.29, 1.82) is 0 Å². The number of hydrogen-bond acceptors (Lipinski definition) is 9. The lowest BCUT2D eigenvalue weighted by atomic mass is 10.1. The molecule has 2 aromatic carbocycles. The smallest absolute Gasteiger partial charge is 0.337 e. The van der Waals surface area contributed by atoms with E-state index in [0.717, 1.165) is 12.8 Å². The third-order valence-electron chi connectivity index (χ3n) is 5.95. The van der Waals surface area contributed by atoms with Crippen LogP contribution in [0.3, 0.4) is 0 Å². The SMILES string of the molecule is COC(=O)c1ccc2c(=O)n(CC3CCCO3)c(SCC(=O)c3ccc4c(c3)OCCO4)nc2c1. The van der Waals surface area contributed by atoms with Gasteiger partial charge in [0.1, 0.15) is 13.2 Å². The van der Waals surface area contributed by atoms with Crippen LogP contribution in [0.4, 0.5) is 0 Å². The molecule has 182 valence electrons. The molecule has 35 heavy (non-hydrogen) atoms. The Bertz CT molecular complexity index is 1350. The number of ketones is 1. The quantitative estimate of drug-likeness (QED) is 0.211. The molecule has 0 spiro atoms. The van der Waals surface area contributed by atoms with E-state index in [0.29, 0.717) is 65.1 Å². The van der Waals surface area contributed by atoms with Gasteiger partial charge in [0.15, 0.2) is 22.4 Å². The maximum absolute atomic E-state index is 13.4. The summed E-state index contributed by atoms with van der Waals surface area (Å²) < 4.78 is 23.2. The van der Waals surface area contributed by atoms with Crippen LogP contribution in [-0.2, 0) is 16.0 Å². The van der Waals surface area contributed by atoms with E-state index in [9.17, 15) is 14.4 Å². The molecule has 1 fully saturated rings. The van der Waals surface area contributed by atoms with Gasteiger partial charge in [-0.25, -0.2) is 9.78 Å². The van der Waals surface area contributed by atoms with Gasteiger partial charge < -0.3 is 18.9 Å². The number of fused-ring (bicyclic) bond motifs is 2. The lowest BCUT2D eigenvalue weighted by Gasteiger charge is -2.19. The molecule has 0 radical (unpaired) electrons. The maximum Gasteiger partial charge on any atom is 0.337 e. The molecule has 9 nitrogen and oxygen atoms in total. The lowest BCUT2D eigenvalue weighted by molar-refractivity contribution is 0.0600. The number of carbonyl (C=O) groups is 2. The molecule has 2 aliphatic heterocycles. The number of hydrogen-bond donors (Lipinski definition) is 0. The number of rotatable bonds is 7. The molecular weight excluding hydrogens is 472 g/mol. The first-order valence-electron chi connectivity index (χ1n) is 11.3. The van der Waals surface area contributed by atoms with Gasteiger partial charge in [0, 0.05) is 12.2 Å². The molecule has 0 bridgehead atoms. The van der Waals surface area contributed by atoms with E-state index in [1.54, 1.807) is 34.9 Å². The topological polar surface area (TPSA) is 106 Å². The minimum atomic E-state index is -0.514. The number of ether oxygens (including phenoxy) is 4.